The molecule has 1 aromatic heterocycles. The molecule has 2 atom stereocenters. The molecule has 1 heterocycles. The van der Waals surface area contributed by atoms with Crippen LogP contribution in [0.3, 0.4) is 0 Å². The zero-order valence-electron chi connectivity index (χ0n) is 17.0. The third kappa shape index (κ3) is 5.05. The summed E-state index contributed by atoms with van der Waals surface area (Å²) >= 11 is 31.0. The van der Waals surface area contributed by atoms with Crippen molar-refractivity contribution >= 4 is 86.9 Å². The van der Waals surface area contributed by atoms with Crippen molar-refractivity contribution in [2.24, 2.45) is 5.92 Å². The van der Waals surface area contributed by atoms with Gasteiger partial charge < -0.3 is 10.6 Å². The highest BCUT2D eigenvalue weighted by Gasteiger charge is 2.67. The van der Waals surface area contributed by atoms with E-state index in [1.165, 1.54) is 30.6 Å². The van der Waals surface area contributed by atoms with Gasteiger partial charge in [-0.1, -0.05) is 40.9 Å². The van der Waals surface area contributed by atoms with Gasteiger partial charge in [-0.05, 0) is 42.0 Å². The Kier molecular flexibility index (Phi) is 7.14. The van der Waals surface area contributed by atoms with Gasteiger partial charge in [0.1, 0.15) is 4.33 Å². The van der Waals surface area contributed by atoms with Crippen molar-refractivity contribution in [3.8, 4) is 0 Å². The highest BCUT2D eigenvalue weighted by molar-refractivity contribution is 6.53. The molecule has 0 radical (unpaired) electrons. The van der Waals surface area contributed by atoms with E-state index in [0.29, 0.717) is 27.0 Å². The molecule has 0 aliphatic heterocycles. The summed E-state index contributed by atoms with van der Waals surface area (Å²) in [6, 6.07) is 10.9. The van der Waals surface area contributed by atoms with E-state index in [-0.39, 0.29) is 16.3 Å². The third-order valence-corrected chi connectivity index (χ3v) is 7.25. The summed E-state index contributed by atoms with van der Waals surface area (Å²) in [5.74, 6) is -2.20. The number of nitrogens with zero attached hydrogens (tertiary/aromatic N) is 1. The zero-order chi connectivity index (χ0) is 24.6. The lowest BCUT2D eigenvalue weighted by Crippen LogP contribution is -2.18. The maximum Gasteiger partial charge on any atom is 0.257 e. The minimum atomic E-state index is -1.33. The average molecular weight is 561 g/mol. The highest BCUT2D eigenvalue weighted by atomic mass is 35.5. The molecule has 0 bridgehead atoms. The second-order valence-corrected chi connectivity index (χ2v) is 10.2. The number of carbonyl (C=O) groups is 2. The van der Waals surface area contributed by atoms with E-state index in [4.69, 9.17) is 63.2 Å². The van der Waals surface area contributed by atoms with Crippen molar-refractivity contribution in [3.63, 3.8) is 0 Å². The average Bonchev–Trinajstić information content (AvgIpc) is 3.39. The second-order valence-electron chi connectivity index (χ2n) is 7.52. The smallest absolute Gasteiger partial charge is 0.257 e. The summed E-state index contributed by atoms with van der Waals surface area (Å²) in [7, 11) is 0. The molecule has 1 saturated carbocycles. The fourth-order valence-corrected chi connectivity index (χ4v) is 4.88. The van der Waals surface area contributed by atoms with E-state index in [1.807, 2.05) is 5.48 Å². The molecule has 4 N–H and O–H groups in total. The van der Waals surface area contributed by atoms with Crippen LogP contribution in [0.4, 0.5) is 17.1 Å². The Labute approximate surface area is 219 Å². The van der Waals surface area contributed by atoms with Crippen LogP contribution in [0.2, 0.25) is 15.1 Å². The molecule has 1 aliphatic rings. The summed E-state index contributed by atoms with van der Waals surface area (Å²) in [6.07, 6.45) is 2.77. The van der Waals surface area contributed by atoms with Crippen molar-refractivity contribution in [1.29, 1.82) is 0 Å². The number of halogens is 5. The number of aromatic nitrogens is 1. The van der Waals surface area contributed by atoms with E-state index < -0.39 is 28.0 Å². The van der Waals surface area contributed by atoms with Gasteiger partial charge >= 0.3 is 0 Å². The Balaban J connectivity index is 1.50. The first-order valence-electron chi connectivity index (χ1n) is 9.71. The number of pyridine rings is 1. The summed E-state index contributed by atoms with van der Waals surface area (Å²) in [5, 5.41) is 15.2. The van der Waals surface area contributed by atoms with Crippen LogP contribution in [0.15, 0.2) is 54.9 Å². The predicted octanol–water partition coefficient (Wildman–Crippen LogP) is 6.62. The van der Waals surface area contributed by atoms with Crippen LogP contribution in [0.5, 0.6) is 0 Å². The number of nitrogens with one attached hydrogen (secondary N) is 3. The lowest BCUT2D eigenvalue weighted by atomic mass is 10.1. The minimum Gasteiger partial charge on any atom is -0.326 e. The highest BCUT2D eigenvalue weighted by Crippen LogP contribution is 2.65. The van der Waals surface area contributed by atoms with E-state index >= 15 is 0 Å². The molecular formula is C22H15Cl5N4O3. The number of hydrogen-bond donors (Lipinski definition) is 4. The van der Waals surface area contributed by atoms with Gasteiger partial charge in [0.2, 0.25) is 5.91 Å². The molecule has 4 rings (SSSR count). The standard InChI is InChI=1S/C22H15Cl5N4O3/c23-15-4-2-11(7-14(15)20(32)30-12-6-13(31-34)9-28-8-12)29-21(33)19-18(22(19,26)27)10-1-3-16(24)17(25)5-10/h1-9,18-19,31,34H,(H,29,33)(H,30,32)/t18-,19+/m0/s1. The van der Waals surface area contributed by atoms with Crippen molar-refractivity contribution in [3.05, 3.63) is 81.1 Å². The SMILES string of the molecule is O=C(Nc1cncc(NO)c1)c1cc(NC(=O)[C@H]2[C@H](c3ccc(Cl)c(Cl)c3)C2(Cl)Cl)ccc1Cl. The monoisotopic (exact) mass is 558 g/mol. The van der Waals surface area contributed by atoms with Crippen LogP contribution in [0.1, 0.15) is 21.8 Å². The van der Waals surface area contributed by atoms with Crippen LogP contribution >= 0.6 is 58.0 Å². The molecule has 12 heteroatoms. The molecule has 2 amide bonds. The first-order valence-corrected chi connectivity index (χ1v) is 11.6. The number of carbonyl (C=O) groups excluding carboxylic acids is 2. The zero-order valence-corrected chi connectivity index (χ0v) is 20.7. The maximum absolute atomic E-state index is 12.9. The van der Waals surface area contributed by atoms with Crippen LogP contribution in [-0.4, -0.2) is 26.3 Å². The van der Waals surface area contributed by atoms with E-state index in [9.17, 15) is 9.59 Å². The van der Waals surface area contributed by atoms with Crippen molar-refractivity contribution in [2.75, 3.05) is 16.1 Å². The van der Waals surface area contributed by atoms with Crippen LogP contribution < -0.4 is 16.1 Å². The first-order chi connectivity index (χ1) is 16.1. The van der Waals surface area contributed by atoms with Gasteiger partial charge in [-0.2, -0.15) is 0 Å². The molecule has 0 unspecified atom stereocenters. The summed E-state index contributed by atoms with van der Waals surface area (Å²) in [6.45, 7) is 0. The molecule has 1 aliphatic carbocycles. The number of benzene rings is 2. The number of anilines is 3. The van der Waals surface area contributed by atoms with E-state index in [1.54, 1.807) is 24.3 Å². The molecule has 34 heavy (non-hydrogen) atoms. The van der Waals surface area contributed by atoms with Gasteiger partial charge in [0.15, 0.2) is 0 Å². The lowest BCUT2D eigenvalue weighted by molar-refractivity contribution is -0.117. The van der Waals surface area contributed by atoms with Gasteiger partial charge in [0, 0.05) is 11.6 Å². The summed E-state index contributed by atoms with van der Waals surface area (Å²) < 4.78 is -1.33. The molecule has 7 nitrogen and oxygen atoms in total. The Morgan fingerprint density at radius 2 is 1.56 bits per heavy atom. The lowest BCUT2D eigenvalue weighted by Gasteiger charge is -2.11. The second kappa shape index (κ2) is 9.77. The first kappa shape index (κ1) is 24.9. The normalized spacial score (nSPS) is 18.2. The number of rotatable bonds is 6. The summed E-state index contributed by atoms with van der Waals surface area (Å²) in [4.78, 5) is 29.6. The van der Waals surface area contributed by atoms with Crippen molar-refractivity contribution in [2.45, 2.75) is 10.3 Å². The predicted molar refractivity (Wildman–Crippen MR) is 135 cm³/mol. The molecule has 3 aromatic rings. The molecule has 2 aromatic carbocycles. The number of alkyl halides is 2. The molecule has 0 saturated heterocycles. The van der Waals surface area contributed by atoms with Gasteiger partial charge in [0.25, 0.3) is 5.91 Å². The van der Waals surface area contributed by atoms with Gasteiger partial charge in [-0.25, -0.2) is 0 Å². The quantitative estimate of drug-likeness (QED) is 0.200. The Morgan fingerprint density at radius 3 is 2.26 bits per heavy atom. The molecule has 176 valence electrons. The Bertz CT molecular complexity index is 1290. The number of hydrogen-bond acceptors (Lipinski definition) is 5. The van der Waals surface area contributed by atoms with Crippen LogP contribution in [-0.2, 0) is 4.79 Å². The van der Waals surface area contributed by atoms with E-state index in [2.05, 4.69) is 15.6 Å². The number of amides is 2. The molecular weight excluding hydrogens is 546 g/mol. The van der Waals surface area contributed by atoms with Gasteiger partial charge in [0.05, 0.1) is 50.3 Å². The van der Waals surface area contributed by atoms with Crippen LogP contribution in [0, 0.1) is 5.92 Å². The van der Waals surface area contributed by atoms with E-state index in [0.717, 1.165) is 0 Å². The van der Waals surface area contributed by atoms with Gasteiger partial charge in [-0.15, -0.1) is 23.2 Å². The largest absolute Gasteiger partial charge is 0.326 e. The van der Waals surface area contributed by atoms with Crippen molar-refractivity contribution < 1.29 is 14.8 Å². The van der Waals surface area contributed by atoms with Crippen LogP contribution in [0.25, 0.3) is 0 Å². The fraction of sp³-hybridized carbons (Fsp3) is 0.136. The third-order valence-electron chi connectivity index (χ3n) is 5.24. The topological polar surface area (TPSA) is 103 Å². The minimum absolute atomic E-state index is 0.113. The Hall–Kier alpha value is -2.26. The summed E-state index contributed by atoms with van der Waals surface area (Å²) in [5.41, 5.74) is 3.68. The fourth-order valence-electron chi connectivity index (χ4n) is 3.54. The maximum atomic E-state index is 12.9. The van der Waals surface area contributed by atoms with Crippen molar-refractivity contribution in [1.82, 2.24) is 4.98 Å². The molecule has 1 fully saturated rings. The Morgan fingerprint density at radius 1 is 0.853 bits per heavy atom. The van der Waals surface area contributed by atoms with Gasteiger partial charge in [-0.3, -0.25) is 25.3 Å². The molecule has 0 spiro atoms.